The van der Waals surface area contributed by atoms with E-state index in [0.29, 0.717) is 22.9 Å². The summed E-state index contributed by atoms with van der Waals surface area (Å²) in [4.78, 5) is 24.6. The van der Waals surface area contributed by atoms with Gasteiger partial charge in [0, 0.05) is 17.3 Å². The molecule has 0 bridgehead atoms. The van der Waals surface area contributed by atoms with Crippen LogP contribution < -0.4 is 25.4 Å². The summed E-state index contributed by atoms with van der Waals surface area (Å²) < 4.78 is 10.7. The molecule has 2 amide bonds. The van der Waals surface area contributed by atoms with Crippen LogP contribution in [0.4, 0.5) is 11.4 Å². The summed E-state index contributed by atoms with van der Waals surface area (Å²) in [7, 11) is 1.55. The van der Waals surface area contributed by atoms with Crippen molar-refractivity contribution in [3.63, 3.8) is 0 Å². The zero-order chi connectivity index (χ0) is 19.8. The number of amides is 2. The van der Waals surface area contributed by atoms with Gasteiger partial charge >= 0.3 is 0 Å². The first-order chi connectivity index (χ1) is 13.7. The van der Waals surface area contributed by atoms with Crippen LogP contribution in [-0.2, 0) is 9.59 Å². The number of nitrogens with one attached hydrogen (secondary N) is 3. The van der Waals surface area contributed by atoms with E-state index in [0.717, 1.165) is 25.9 Å². The number of para-hydroxylation sites is 2. The molecule has 1 saturated heterocycles. The molecule has 0 aromatic heterocycles. The fourth-order valence-electron chi connectivity index (χ4n) is 3.08. The summed E-state index contributed by atoms with van der Waals surface area (Å²) in [5.74, 6) is 0.812. The maximum absolute atomic E-state index is 12.4. The fraction of sp³-hybridized carbons (Fsp3) is 0.333. The zero-order valence-electron chi connectivity index (χ0n) is 15.9. The maximum Gasteiger partial charge on any atom is 0.262 e. The van der Waals surface area contributed by atoms with Gasteiger partial charge in [-0.05, 0) is 56.3 Å². The first kappa shape index (κ1) is 19.7. The maximum atomic E-state index is 12.4. The van der Waals surface area contributed by atoms with Gasteiger partial charge in [0.1, 0.15) is 0 Å². The quantitative estimate of drug-likeness (QED) is 0.684. The van der Waals surface area contributed by atoms with E-state index in [1.807, 2.05) is 12.1 Å². The molecule has 7 nitrogen and oxygen atoms in total. The smallest absolute Gasteiger partial charge is 0.262 e. The Kier molecular flexibility index (Phi) is 6.86. The SMILES string of the molecule is COc1ccccc1OCC(=O)Nc1cccc(NC(=O)C2CCNCC2)c1. The molecule has 148 valence electrons. The lowest BCUT2D eigenvalue weighted by Gasteiger charge is -2.21. The summed E-state index contributed by atoms with van der Waals surface area (Å²) in [6.45, 7) is 1.58. The second kappa shape index (κ2) is 9.75. The highest BCUT2D eigenvalue weighted by atomic mass is 16.5. The molecule has 2 aromatic rings. The van der Waals surface area contributed by atoms with E-state index < -0.39 is 0 Å². The predicted molar refractivity (Wildman–Crippen MR) is 108 cm³/mol. The second-order valence-electron chi connectivity index (χ2n) is 6.58. The van der Waals surface area contributed by atoms with Crippen LogP contribution in [0.5, 0.6) is 11.5 Å². The number of carbonyl (C=O) groups excluding carboxylic acids is 2. The van der Waals surface area contributed by atoms with Crippen molar-refractivity contribution in [1.29, 1.82) is 0 Å². The Labute approximate surface area is 164 Å². The summed E-state index contributed by atoms with van der Waals surface area (Å²) in [6.07, 6.45) is 1.67. The van der Waals surface area contributed by atoms with Gasteiger partial charge in [0.25, 0.3) is 5.91 Å². The highest BCUT2D eigenvalue weighted by Crippen LogP contribution is 2.25. The Morgan fingerprint density at radius 2 is 1.68 bits per heavy atom. The van der Waals surface area contributed by atoms with Crippen LogP contribution >= 0.6 is 0 Å². The van der Waals surface area contributed by atoms with E-state index in [1.165, 1.54) is 0 Å². The number of methoxy groups -OCH3 is 1. The summed E-state index contributed by atoms with van der Waals surface area (Å²) in [5.41, 5.74) is 1.25. The number of rotatable bonds is 7. The van der Waals surface area contributed by atoms with Crippen molar-refractivity contribution in [2.45, 2.75) is 12.8 Å². The predicted octanol–water partition coefficient (Wildman–Crippen LogP) is 2.65. The Hall–Kier alpha value is -3.06. The molecule has 3 rings (SSSR count). The van der Waals surface area contributed by atoms with Crippen LogP contribution in [0.2, 0.25) is 0 Å². The second-order valence-corrected chi connectivity index (χ2v) is 6.58. The lowest BCUT2D eigenvalue weighted by molar-refractivity contribution is -0.120. The third-order valence-corrected chi connectivity index (χ3v) is 4.55. The van der Waals surface area contributed by atoms with E-state index in [9.17, 15) is 9.59 Å². The molecule has 1 fully saturated rings. The van der Waals surface area contributed by atoms with Crippen molar-refractivity contribution >= 4 is 23.2 Å². The normalized spacial score (nSPS) is 14.2. The fourth-order valence-corrected chi connectivity index (χ4v) is 3.08. The molecule has 3 N–H and O–H groups in total. The Balaban J connectivity index is 1.53. The molecule has 0 saturated carbocycles. The van der Waals surface area contributed by atoms with Crippen molar-refractivity contribution in [3.05, 3.63) is 48.5 Å². The Bertz CT molecular complexity index is 819. The number of benzene rings is 2. The molecule has 1 heterocycles. The molecule has 0 spiro atoms. The Morgan fingerprint density at radius 1 is 1.00 bits per heavy atom. The van der Waals surface area contributed by atoms with Crippen molar-refractivity contribution in [2.75, 3.05) is 37.4 Å². The van der Waals surface area contributed by atoms with Gasteiger partial charge in [-0.25, -0.2) is 0 Å². The van der Waals surface area contributed by atoms with E-state index in [1.54, 1.807) is 43.5 Å². The number of hydrogen-bond acceptors (Lipinski definition) is 5. The van der Waals surface area contributed by atoms with Crippen LogP contribution in [0.25, 0.3) is 0 Å². The highest BCUT2D eigenvalue weighted by molar-refractivity contribution is 5.95. The average molecular weight is 383 g/mol. The minimum absolute atomic E-state index is 0.0180. The van der Waals surface area contributed by atoms with Crippen LogP contribution in [0.3, 0.4) is 0 Å². The minimum atomic E-state index is -0.298. The Morgan fingerprint density at radius 3 is 2.39 bits per heavy atom. The molecule has 0 aliphatic carbocycles. The average Bonchev–Trinajstić information content (AvgIpc) is 2.73. The zero-order valence-corrected chi connectivity index (χ0v) is 15.9. The van der Waals surface area contributed by atoms with Gasteiger partial charge in [-0.15, -0.1) is 0 Å². The van der Waals surface area contributed by atoms with Crippen molar-refractivity contribution in [2.24, 2.45) is 5.92 Å². The van der Waals surface area contributed by atoms with Crippen molar-refractivity contribution < 1.29 is 19.1 Å². The van der Waals surface area contributed by atoms with Crippen molar-refractivity contribution in [1.82, 2.24) is 5.32 Å². The van der Waals surface area contributed by atoms with Gasteiger partial charge < -0.3 is 25.4 Å². The van der Waals surface area contributed by atoms with Gasteiger partial charge in [0.2, 0.25) is 5.91 Å². The van der Waals surface area contributed by atoms with Gasteiger partial charge in [-0.3, -0.25) is 9.59 Å². The molecule has 2 aromatic carbocycles. The monoisotopic (exact) mass is 383 g/mol. The van der Waals surface area contributed by atoms with Crippen LogP contribution in [0.1, 0.15) is 12.8 Å². The van der Waals surface area contributed by atoms with Gasteiger partial charge in [-0.2, -0.15) is 0 Å². The standard InChI is InChI=1S/C21H25N3O4/c1-27-18-7-2-3-8-19(18)28-14-20(25)23-16-5-4-6-17(13-16)24-21(26)15-9-11-22-12-10-15/h2-8,13,15,22H,9-12,14H2,1H3,(H,23,25)(H,24,26). The lowest BCUT2D eigenvalue weighted by Crippen LogP contribution is -2.34. The first-order valence-electron chi connectivity index (χ1n) is 9.33. The molecule has 0 atom stereocenters. The number of piperidine rings is 1. The summed E-state index contributed by atoms with van der Waals surface area (Å²) in [5, 5.41) is 8.96. The minimum Gasteiger partial charge on any atom is -0.493 e. The van der Waals surface area contributed by atoms with Crippen LogP contribution in [-0.4, -0.2) is 38.6 Å². The molecule has 28 heavy (non-hydrogen) atoms. The molecular weight excluding hydrogens is 358 g/mol. The third-order valence-electron chi connectivity index (χ3n) is 4.55. The highest BCUT2D eigenvalue weighted by Gasteiger charge is 2.20. The molecule has 1 aliphatic heterocycles. The van der Waals surface area contributed by atoms with Crippen LogP contribution in [0.15, 0.2) is 48.5 Å². The molecule has 0 unspecified atom stereocenters. The first-order valence-corrected chi connectivity index (χ1v) is 9.33. The number of hydrogen-bond donors (Lipinski definition) is 3. The molecule has 0 radical (unpaired) electrons. The van der Waals surface area contributed by atoms with Gasteiger partial charge in [0.05, 0.1) is 7.11 Å². The van der Waals surface area contributed by atoms with E-state index in [-0.39, 0.29) is 24.3 Å². The number of carbonyl (C=O) groups is 2. The van der Waals surface area contributed by atoms with Crippen LogP contribution in [0, 0.1) is 5.92 Å². The molecule has 7 heteroatoms. The molecular formula is C21H25N3O4. The number of ether oxygens (including phenoxy) is 2. The largest absolute Gasteiger partial charge is 0.493 e. The third kappa shape index (κ3) is 5.47. The van der Waals surface area contributed by atoms with Gasteiger partial charge in [0.15, 0.2) is 18.1 Å². The topological polar surface area (TPSA) is 88.7 Å². The van der Waals surface area contributed by atoms with E-state index >= 15 is 0 Å². The summed E-state index contributed by atoms with van der Waals surface area (Å²) >= 11 is 0. The lowest BCUT2D eigenvalue weighted by atomic mass is 9.97. The van der Waals surface area contributed by atoms with E-state index in [4.69, 9.17) is 9.47 Å². The molecule has 1 aliphatic rings. The number of anilines is 2. The van der Waals surface area contributed by atoms with Crippen molar-refractivity contribution in [3.8, 4) is 11.5 Å². The summed E-state index contributed by atoms with van der Waals surface area (Å²) in [6, 6.07) is 14.2. The van der Waals surface area contributed by atoms with Gasteiger partial charge in [-0.1, -0.05) is 18.2 Å². The van der Waals surface area contributed by atoms with E-state index in [2.05, 4.69) is 16.0 Å².